The van der Waals surface area contributed by atoms with Gasteiger partial charge in [-0.1, -0.05) is 122 Å². The SMILES string of the molecule is CCCCCCCCCCCCCCCCCCCCC(CN)CCC[Si](OC)(OC)OC. The zero-order valence-electron chi connectivity index (χ0n) is 23.1. The van der Waals surface area contributed by atoms with E-state index < -0.39 is 8.80 Å². The van der Waals surface area contributed by atoms with Crippen molar-refractivity contribution in [2.45, 2.75) is 148 Å². The van der Waals surface area contributed by atoms with Crippen LogP contribution in [0.3, 0.4) is 0 Å². The van der Waals surface area contributed by atoms with Gasteiger partial charge in [-0.2, -0.15) is 0 Å². The monoisotopic (exact) mass is 487 g/mol. The van der Waals surface area contributed by atoms with Gasteiger partial charge in [-0.15, -0.1) is 0 Å². The average Bonchev–Trinajstić information content (AvgIpc) is 2.85. The van der Waals surface area contributed by atoms with Gasteiger partial charge in [0.15, 0.2) is 0 Å². The smallest absolute Gasteiger partial charge is 0.377 e. The molecule has 33 heavy (non-hydrogen) atoms. The Bertz CT molecular complexity index is 372. The van der Waals surface area contributed by atoms with E-state index >= 15 is 0 Å². The quantitative estimate of drug-likeness (QED) is 0.0930. The normalized spacial score (nSPS) is 13.0. The lowest BCUT2D eigenvalue weighted by Gasteiger charge is -2.25. The topological polar surface area (TPSA) is 53.7 Å². The lowest BCUT2D eigenvalue weighted by Crippen LogP contribution is -2.42. The lowest BCUT2D eigenvalue weighted by atomic mass is 9.96. The van der Waals surface area contributed by atoms with Gasteiger partial charge in [0.1, 0.15) is 0 Å². The minimum atomic E-state index is -2.42. The minimum absolute atomic E-state index is 0.628. The summed E-state index contributed by atoms with van der Waals surface area (Å²) in [6, 6.07) is 0.881. The maximum atomic E-state index is 6.01. The van der Waals surface area contributed by atoms with Crippen molar-refractivity contribution in [2.75, 3.05) is 27.9 Å². The first-order valence-electron chi connectivity index (χ1n) is 14.5. The summed E-state index contributed by atoms with van der Waals surface area (Å²) in [7, 11) is 2.66. The van der Waals surface area contributed by atoms with Gasteiger partial charge in [-0.3, -0.25) is 0 Å². The van der Waals surface area contributed by atoms with Crippen LogP contribution in [-0.4, -0.2) is 36.7 Å². The molecule has 1 unspecified atom stereocenters. The summed E-state index contributed by atoms with van der Waals surface area (Å²) in [4.78, 5) is 0. The van der Waals surface area contributed by atoms with E-state index in [-0.39, 0.29) is 0 Å². The number of unbranched alkanes of at least 4 members (excludes halogenated alkanes) is 17. The van der Waals surface area contributed by atoms with E-state index in [1.54, 1.807) is 21.3 Å². The third kappa shape index (κ3) is 20.0. The molecule has 0 aliphatic carbocycles. The first kappa shape index (κ1) is 33.1. The Morgan fingerprint density at radius 1 is 0.515 bits per heavy atom. The van der Waals surface area contributed by atoms with Crippen LogP contribution in [0.2, 0.25) is 6.04 Å². The van der Waals surface area contributed by atoms with Crippen molar-refractivity contribution >= 4 is 8.80 Å². The fraction of sp³-hybridized carbons (Fsp3) is 1.00. The molecule has 1 atom stereocenters. The molecule has 200 valence electrons. The number of nitrogens with two attached hydrogens (primary N) is 1. The Morgan fingerprint density at radius 3 is 1.18 bits per heavy atom. The van der Waals surface area contributed by atoms with E-state index in [0.717, 1.165) is 25.4 Å². The summed E-state index contributed by atoms with van der Waals surface area (Å²) in [5.41, 5.74) is 6.01. The third-order valence-electron chi connectivity index (χ3n) is 7.33. The van der Waals surface area contributed by atoms with E-state index in [9.17, 15) is 0 Å². The van der Waals surface area contributed by atoms with E-state index in [0.29, 0.717) is 5.92 Å². The Kier molecular flexibility index (Phi) is 25.2. The Hall–Kier alpha value is 0.0569. The highest BCUT2D eigenvalue weighted by molar-refractivity contribution is 6.60. The first-order valence-corrected chi connectivity index (χ1v) is 16.5. The van der Waals surface area contributed by atoms with Crippen LogP contribution in [0.5, 0.6) is 0 Å². The first-order chi connectivity index (χ1) is 16.2. The van der Waals surface area contributed by atoms with Crippen LogP contribution < -0.4 is 5.73 Å². The fourth-order valence-electron chi connectivity index (χ4n) is 4.88. The lowest BCUT2D eigenvalue weighted by molar-refractivity contribution is 0.122. The molecule has 0 radical (unpaired) electrons. The van der Waals surface area contributed by atoms with Gasteiger partial charge in [-0.25, -0.2) is 0 Å². The highest BCUT2D eigenvalue weighted by atomic mass is 28.4. The van der Waals surface area contributed by atoms with Gasteiger partial charge in [-0.05, 0) is 31.7 Å². The van der Waals surface area contributed by atoms with Crippen molar-refractivity contribution in [1.29, 1.82) is 0 Å². The summed E-state index contributed by atoms with van der Waals surface area (Å²) < 4.78 is 16.5. The summed E-state index contributed by atoms with van der Waals surface area (Å²) in [5.74, 6) is 0.628. The highest BCUT2D eigenvalue weighted by Crippen LogP contribution is 2.22. The molecule has 0 aromatic rings. The zero-order chi connectivity index (χ0) is 24.5. The van der Waals surface area contributed by atoms with Crippen LogP contribution in [-0.2, 0) is 13.3 Å². The predicted octanol–water partition coefficient (Wildman–Crippen LogP) is 8.65. The van der Waals surface area contributed by atoms with Gasteiger partial charge >= 0.3 is 8.80 Å². The zero-order valence-corrected chi connectivity index (χ0v) is 24.1. The molecule has 0 saturated carbocycles. The van der Waals surface area contributed by atoms with Crippen molar-refractivity contribution in [3.63, 3.8) is 0 Å². The van der Waals surface area contributed by atoms with Crippen LogP contribution in [0.15, 0.2) is 0 Å². The Balaban J connectivity index is 3.40. The van der Waals surface area contributed by atoms with Crippen LogP contribution in [0.4, 0.5) is 0 Å². The van der Waals surface area contributed by atoms with Crippen LogP contribution in [0, 0.1) is 5.92 Å². The highest BCUT2D eigenvalue weighted by Gasteiger charge is 2.36. The number of hydrogen-bond acceptors (Lipinski definition) is 4. The van der Waals surface area contributed by atoms with Gasteiger partial charge in [0.2, 0.25) is 0 Å². The van der Waals surface area contributed by atoms with Crippen molar-refractivity contribution in [2.24, 2.45) is 11.7 Å². The Morgan fingerprint density at radius 2 is 0.848 bits per heavy atom. The molecule has 0 aromatic carbocycles. The molecule has 0 fully saturated rings. The second kappa shape index (κ2) is 25.2. The Labute approximate surface area is 209 Å². The second-order valence-electron chi connectivity index (χ2n) is 10.1. The molecule has 5 heteroatoms. The molecule has 0 bridgehead atoms. The van der Waals surface area contributed by atoms with Crippen molar-refractivity contribution < 1.29 is 13.3 Å². The van der Waals surface area contributed by atoms with Crippen LogP contribution >= 0.6 is 0 Å². The second-order valence-corrected chi connectivity index (χ2v) is 13.2. The van der Waals surface area contributed by atoms with Crippen LogP contribution in [0.25, 0.3) is 0 Å². The number of rotatable bonds is 27. The molecule has 0 aromatic heterocycles. The fourth-order valence-corrected chi connectivity index (χ4v) is 6.63. The molecule has 4 nitrogen and oxygen atoms in total. The number of hydrogen-bond donors (Lipinski definition) is 1. The minimum Gasteiger partial charge on any atom is -0.377 e. The predicted molar refractivity (Wildman–Crippen MR) is 147 cm³/mol. The molecule has 0 aliphatic rings. The maximum Gasteiger partial charge on any atom is 0.500 e. The van der Waals surface area contributed by atoms with Gasteiger partial charge in [0.05, 0.1) is 0 Å². The molecular weight excluding hydrogens is 426 g/mol. The molecule has 0 heterocycles. The third-order valence-corrected chi connectivity index (χ3v) is 10.2. The largest absolute Gasteiger partial charge is 0.500 e. The molecule has 0 saturated heterocycles. The van der Waals surface area contributed by atoms with Gasteiger partial charge in [0.25, 0.3) is 0 Å². The summed E-state index contributed by atoms with van der Waals surface area (Å²) >= 11 is 0. The molecule has 0 rings (SSSR count). The molecule has 0 aliphatic heterocycles. The maximum absolute atomic E-state index is 6.01. The summed E-state index contributed by atoms with van der Waals surface area (Å²) in [6.07, 6.45) is 29.2. The van der Waals surface area contributed by atoms with Crippen LogP contribution in [0.1, 0.15) is 142 Å². The van der Waals surface area contributed by atoms with E-state index in [1.807, 2.05) is 0 Å². The standard InChI is InChI=1S/C28H61NO3Si/c1-5-6-7-8-9-10-11-12-13-14-15-16-17-18-19-20-21-22-24-28(27-29)25-23-26-33(30-2,31-3)32-4/h28H,5-27,29H2,1-4H3. The molecule has 2 N–H and O–H groups in total. The molecular formula is C28H61NO3Si. The van der Waals surface area contributed by atoms with E-state index in [2.05, 4.69) is 6.92 Å². The molecule has 0 amide bonds. The van der Waals surface area contributed by atoms with E-state index in [1.165, 1.54) is 122 Å². The van der Waals surface area contributed by atoms with Crippen molar-refractivity contribution in [3.05, 3.63) is 0 Å². The average molecular weight is 488 g/mol. The van der Waals surface area contributed by atoms with Crippen molar-refractivity contribution in [3.8, 4) is 0 Å². The van der Waals surface area contributed by atoms with Gasteiger partial charge in [0, 0.05) is 27.4 Å². The summed E-state index contributed by atoms with van der Waals surface area (Å²) in [6.45, 7) is 3.09. The van der Waals surface area contributed by atoms with Gasteiger partial charge < -0.3 is 19.0 Å². The molecule has 0 spiro atoms. The van der Waals surface area contributed by atoms with E-state index in [4.69, 9.17) is 19.0 Å². The van der Waals surface area contributed by atoms with Crippen molar-refractivity contribution in [1.82, 2.24) is 0 Å². The summed E-state index contributed by atoms with van der Waals surface area (Å²) in [5, 5.41) is 0.